The van der Waals surface area contributed by atoms with Gasteiger partial charge in [0.05, 0.1) is 5.56 Å². The Bertz CT molecular complexity index is 834. The number of nitrogens with one attached hydrogen (secondary N) is 1. The van der Waals surface area contributed by atoms with Crippen molar-refractivity contribution in [1.29, 1.82) is 0 Å². The zero-order chi connectivity index (χ0) is 14.8. The fraction of sp³-hybridized carbons (Fsp3) is 0. The molecule has 0 unspecified atom stereocenters. The summed E-state index contributed by atoms with van der Waals surface area (Å²) in [6.07, 6.45) is 0. The summed E-state index contributed by atoms with van der Waals surface area (Å²) in [6.45, 7) is 0. The molecular weight excluding hydrogens is 284 g/mol. The summed E-state index contributed by atoms with van der Waals surface area (Å²) in [5, 5.41) is 6.81. The third-order valence-electron chi connectivity index (χ3n) is 3.19. The highest BCUT2D eigenvalue weighted by Gasteiger charge is 2.15. The Morgan fingerprint density at radius 2 is 1.71 bits per heavy atom. The lowest BCUT2D eigenvalue weighted by atomic mass is 10.0. The van der Waals surface area contributed by atoms with Crippen molar-refractivity contribution < 1.29 is 9.59 Å². The van der Waals surface area contributed by atoms with E-state index < -0.39 is 5.91 Å². The molecule has 21 heavy (non-hydrogen) atoms. The van der Waals surface area contributed by atoms with E-state index in [-0.39, 0.29) is 5.91 Å². The van der Waals surface area contributed by atoms with Crippen LogP contribution in [0.5, 0.6) is 0 Å². The molecule has 0 bridgehead atoms. The summed E-state index contributed by atoms with van der Waals surface area (Å²) < 4.78 is 0. The van der Waals surface area contributed by atoms with Gasteiger partial charge < -0.3 is 11.1 Å². The van der Waals surface area contributed by atoms with Gasteiger partial charge in [0.15, 0.2) is 0 Å². The van der Waals surface area contributed by atoms with E-state index in [1.807, 2.05) is 36.4 Å². The number of anilines is 1. The number of nitrogens with two attached hydrogens (primary N) is 1. The van der Waals surface area contributed by atoms with Crippen LogP contribution < -0.4 is 11.1 Å². The number of amides is 2. The molecule has 1 heterocycles. The van der Waals surface area contributed by atoms with E-state index in [1.165, 1.54) is 11.3 Å². The van der Waals surface area contributed by atoms with Gasteiger partial charge in [0, 0.05) is 5.56 Å². The van der Waals surface area contributed by atoms with E-state index in [1.54, 1.807) is 17.5 Å². The third kappa shape index (κ3) is 2.51. The minimum absolute atomic E-state index is 0.253. The molecule has 0 aliphatic rings. The summed E-state index contributed by atoms with van der Waals surface area (Å²) in [6, 6.07) is 14.8. The number of hydrogen-bond acceptors (Lipinski definition) is 3. The van der Waals surface area contributed by atoms with E-state index in [4.69, 9.17) is 5.73 Å². The predicted molar refractivity (Wildman–Crippen MR) is 84.7 cm³/mol. The van der Waals surface area contributed by atoms with Crippen molar-refractivity contribution in [3.8, 4) is 0 Å². The maximum absolute atomic E-state index is 12.4. The molecule has 5 heteroatoms. The number of thiophene rings is 1. The van der Waals surface area contributed by atoms with Crippen LogP contribution in [0.25, 0.3) is 10.8 Å². The second kappa shape index (κ2) is 5.38. The second-order valence-electron chi connectivity index (χ2n) is 4.51. The Hall–Kier alpha value is -2.66. The van der Waals surface area contributed by atoms with Crippen molar-refractivity contribution in [2.24, 2.45) is 5.73 Å². The molecule has 0 atom stereocenters. The number of primary amides is 1. The Kier molecular flexibility index (Phi) is 3.41. The predicted octanol–water partition coefficient (Wildman–Crippen LogP) is 3.25. The monoisotopic (exact) mass is 296 g/mol. The molecule has 3 rings (SSSR count). The van der Waals surface area contributed by atoms with Crippen molar-refractivity contribution in [2.75, 3.05) is 5.32 Å². The zero-order valence-electron chi connectivity index (χ0n) is 11.0. The fourth-order valence-corrected chi connectivity index (χ4v) is 2.98. The first-order valence-electron chi connectivity index (χ1n) is 6.33. The highest BCUT2D eigenvalue weighted by Crippen LogP contribution is 2.25. The number of rotatable bonds is 3. The largest absolute Gasteiger partial charge is 0.366 e. The molecule has 0 saturated carbocycles. The molecule has 3 aromatic rings. The highest BCUT2D eigenvalue weighted by molar-refractivity contribution is 7.14. The lowest BCUT2D eigenvalue weighted by molar-refractivity contribution is 0.100. The SMILES string of the molecule is NC(=O)c1ccsc1NC(=O)c1cccc2ccccc12. The molecule has 2 amide bonds. The Morgan fingerprint density at radius 1 is 0.952 bits per heavy atom. The van der Waals surface area contributed by atoms with E-state index in [9.17, 15) is 9.59 Å². The zero-order valence-corrected chi connectivity index (χ0v) is 11.8. The van der Waals surface area contributed by atoms with Gasteiger partial charge in [0.1, 0.15) is 5.00 Å². The van der Waals surface area contributed by atoms with Gasteiger partial charge in [-0.25, -0.2) is 0 Å². The molecule has 1 aromatic heterocycles. The van der Waals surface area contributed by atoms with Gasteiger partial charge in [-0.1, -0.05) is 36.4 Å². The van der Waals surface area contributed by atoms with Crippen LogP contribution in [0, 0.1) is 0 Å². The van der Waals surface area contributed by atoms with Crippen molar-refractivity contribution in [3.05, 3.63) is 65.0 Å². The molecule has 0 spiro atoms. The van der Waals surface area contributed by atoms with Gasteiger partial charge in [-0.15, -0.1) is 11.3 Å². The quantitative estimate of drug-likeness (QED) is 0.778. The average molecular weight is 296 g/mol. The molecule has 2 aromatic carbocycles. The van der Waals surface area contributed by atoms with E-state index >= 15 is 0 Å². The van der Waals surface area contributed by atoms with Gasteiger partial charge >= 0.3 is 0 Å². The van der Waals surface area contributed by atoms with Crippen LogP contribution in [0.4, 0.5) is 5.00 Å². The summed E-state index contributed by atoms with van der Waals surface area (Å²) in [4.78, 5) is 23.7. The van der Waals surface area contributed by atoms with Gasteiger partial charge in [0.2, 0.25) is 0 Å². The number of carbonyl (C=O) groups is 2. The first-order chi connectivity index (χ1) is 10.2. The van der Waals surface area contributed by atoms with Crippen molar-refractivity contribution in [2.45, 2.75) is 0 Å². The maximum atomic E-state index is 12.4. The van der Waals surface area contributed by atoms with Crippen LogP contribution in [-0.2, 0) is 0 Å². The number of hydrogen-bond donors (Lipinski definition) is 2. The lowest BCUT2D eigenvalue weighted by Crippen LogP contribution is -2.16. The fourth-order valence-electron chi connectivity index (χ4n) is 2.19. The molecule has 0 aliphatic carbocycles. The van der Waals surface area contributed by atoms with E-state index in [0.717, 1.165) is 10.8 Å². The average Bonchev–Trinajstić information content (AvgIpc) is 2.95. The van der Waals surface area contributed by atoms with Crippen LogP contribution in [0.1, 0.15) is 20.7 Å². The molecule has 0 saturated heterocycles. The standard InChI is InChI=1S/C16H12N2O2S/c17-14(19)13-8-9-21-16(13)18-15(20)12-7-3-5-10-4-1-2-6-11(10)12/h1-9H,(H2,17,19)(H,18,20). The van der Waals surface area contributed by atoms with Crippen LogP contribution in [0.2, 0.25) is 0 Å². The maximum Gasteiger partial charge on any atom is 0.256 e. The molecule has 4 nitrogen and oxygen atoms in total. The van der Waals surface area contributed by atoms with E-state index in [2.05, 4.69) is 5.32 Å². The highest BCUT2D eigenvalue weighted by atomic mass is 32.1. The second-order valence-corrected chi connectivity index (χ2v) is 5.42. The Morgan fingerprint density at radius 3 is 2.52 bits per heavy atom. The number of carbonyl (C=O) groups excluding carboxylic acids is 2. The molecule has 0 fully saturated rings. The Balaban J connectivity index is 1.98. The molecule has 0 aliphatic heterocycles. The summed E-state index contributed by atoms with van der Waals surface area (Å²) in [7, 11) is 0. The number of benzene rings is 2. The van der Waals surface area contributed by atoms with Gasteiger partial charge in [-0.3, -0.25) is 9.59 Å². The first-order valence-corrected chi connectivity index (χ1v) is 7.21. The summed E-state index contributed by atoms with van der Waals surface area (Å²) in [5.74, 6) is -0.804. The smallest absolute Gasteiger partial charge is 0.256 e. The molecule has 3 N–H and O–H groups in total. The van der Waals surface area contributed by atoms with Crippen molar-refractivity contribution in [3.63, 3.8) is 0 Å². The third-order valence-corrected chi connectivity index (χ3v) is 4.02. The van der Waals surface area contributed by atoms with Crippen LogP contribution in [0.15, 0.2) is 53.9 Å². The summed E-state index contributed by atoms with van der Waals surface area (Å²) >= 11 is 1.27. The molecule has 0 radical (unpaired) electrons. The molecular formula is C16H12N2O2S. The van der Waals surface area contributed by atoms with Crippen LogP contribution >= 0.6 is 11.3 Å². The molecule has 104 valence electrons. The Labute approximate surface area is 125 Å². The van der Waals surface area contributed by atoms with Gasteiger partial charge in [-0.05, 0) is 28.3 Å². The first kappa shape index (κ1) is 13.3. The number of fused-ring (bicyclic) bond motifs is 1. The van der Waals surface area contributed by atoms with Gasteiger partial charge in [-0.2, -0.15) is 0 Å². The van der Waals surface area contributed by atoms with E-state index in [0.29, 0.717) is 16.1 Å². The minimum Gasteiger partial charge on any atom is -0.366 e. The minimum atomic E-state index is -0.551. The lowest BCUT2D eigenvalue weighted by Gasteiger charge is -2.07. The topological polar surface area (TPSA) is 72.2 Å². The van der Waals surface area contributed by atoms with Crippen molar-refractivity contribution in [1.82, 2.24) is 0 Å². The van der Waals surface area contributed by atoms with Crippen LogP contribution in [-0.4, -0.2) is 11.8 Å². The summed E-state index contributed by atoms with van der Waals surface area (Å²) in [5.41, 5.74) is 6.17. The van der Waals surface area contributed by atoms with Gasteiger partial charge in [0.25, 0.3) is 11.8 Å². The van der Waals surface area contributed by atoms with Crippen molar-refractivity contribution >= 4 is 38.9 Å². The van der Waals surface area contributed by atoms with Crippen LogP contribution in [0.3, 0.4) is 0 Å². The normalized spacial score (nSPS) is 10.5.